The van der Waals surface area contributed by atoms with Gasteiger partial charge in [-0.3, -0.25) is 0 Å². The van der Waals surface area contributed by atoms with Gasteiger partial charge < -0.3 is 13.6 Å². The van der Waals surface area contributed by atoms with Gasteiger partial charge in [-0.1, -0.05) is 72.8 Å². The highest BCUT2D eigenvalue weighted by Gasteiger charge is 2.21. The molecule has 0 aliphatic carbocycles. The Kier molecular flexibility index (Phi) is 6.28. The van der Waals surface area contributed by atoms with E-state index >= 15 is 0 Å². The number of aromatic nitrogens is 2. The van der Waals surface area contributed by atoms with E-state index in [4.69, 9.17) is 4.42 Å². The lowest BCUT2D eigenvalue weighted by atomic mass is 9.99. The summed E-state index contributed by atoms with van der Waals surface area (Å²) in [6, 6.07) is 59.4. The molecule has 0 aliphatic heterocycles. The maximum absolute atomic E-state index is 10.5. The molecular weight excluding hydrogens is 705 g/mol. The van der Waals surface area contributed by atoms with Gasteiger partial charge in [0.05, 0.1) is 50.7 Å². The normalized spacial score (nSPS) is 11.9. The first-order chi connectivity index (χ1) is 27.6. The molecule has 0 atom stereocenters. The zero-order valence-electron chi connectivity index (χ0n) is 29.6. The molecule has 0 N–H and O–H groups in total. The van der Waals surface area contributed by atoms with Crippen molar-refractivity contribution in [3.8, 4) is 34.6 Å². The minimum Gasteiger partial charge on any atom is -0.456 e. The number of benzene rings is 8. The molecule has 0 radical (unpaired) electrons. The average Bonchev–Trinajstić information content (AvgIpc) is 3.99. The van der Waals surface area contributed by atoms with Crippen molar-refractivity contribution in [2.45, 2.75) is 0 Å². The van der Waals surface area contributed by atoms with Gasteiger partial charge in [0.25, 0.3) is 0 Å². The van der Waals surface area contributed by atoms with E-state index in [1.54, 1.807) is 0 Å². The van der Waals surface area contributed by atoms with Crippen molar-refractivity contribution >= 4 is 97.1 Å². The topological polar surface area (TPSA) is 70.6 Å². The Labute approximate surface area is 323 Å². The van der Waals surface area contributed by atoms with Gasteiger partial charge in [0, 0.05) is 58.5 Å². The van der Waals surface area contributed by atoms with Crippen LogP contribution in [-0.2, 0) is 0 Å². The van der Waals surface area contributed by atoms with Crippen molar-refractivity contribution in [1.29, 1.82) is 10.5 Å². The molecule has 4 aromatic heterocycles. The Morgan fingerprint density at radius 2 is 1.04 bits per heavy atom. The number of nitrogens with zero attached hydrogens (tertiary/aromatic N) is 4. The molecule has 258 valence electrons. The highest BCUT2D eigenvalue weighted by molar-refractivity contribution is 7.25. The zero-order valence-corrected chi connectivity index (χ0v) is 30.4. The van der Waals surface area contributed by atoms with Gasteiger partial charge in [-0.05, 0) is 96.1 Å². The summed E-state index contributed by atoms with van der Waals surface area (Å²) >= 11 is 1.82. The van der Waals surface area contributed by atoms with E-state index in [0.29, 0.717) is 11.1 Å². The van der Waals surface area contributed by atoms with E-state index in [1.807, 2.05) is 53.8 Å². The van der Waals surface area contributed by atoms with Crippen molar-refractivity contribution in [3.63, 3.8) is 0 Å². The molecule has 0 fully saturated rings. The van der Waals surface area contributed by atoms with Crippen molar-refractivity contribution in [1.82, 2.24) is 9.13 Å². The van der Waals surface area contributed by atoms with E-state index in [1.165, 1.54) is 25.6 Å². The number of hydrogen-bond donors (Lipinski definition) is 0. The lowest BCUT2D eigenvalue weighted by Crippen LogP contribution is -1.98. The third-order valence-electron chi connectivity index (χ3n) is 11.3. The lowest BCUT2D eigenvalue weighted by molar-refractivity contribution is 0.669. The second-order valence-electron chi connectivity index (χ2n) is 14.4. The van der Waals surface area contributed by atoms with Crippen LogP contribution < -0.4 is 0 Å². The number of hydrogen-bond acceptors (Lipinski definition) is 4. The van der Waals surface area contributed by atoms with Gasteiger partial charge in [0.2, 0.25) is 0 Å². The lowest BCUT2D eigenvalue weighted by Gasteiger charge is -2.14. The maximum Gasteiger partial charge on any atom is 0.137 e. The molecular formula is C50H26N4OS. The first kappa shape index (κ1) is 30.8. The van der Waals surface area contributed by atoms with E-state index in [2.05, 4.69) is 137 Å². The predicted octanol–water partition coefficient (Wildman–Crippen LogP) is 13.6. The van der Waals surface area contributed by atoms with Crippen LogP contribution in [0.15, 0.2) is 162 Å². The van der Waals surface area contributed by atoms with Crippen molar-refractivity contribution in [2.24, 2.45) is 0 Å². The minimum atomic E-state index is 0.528. The summed E-state index contributed by atoms with van der Waals surface area (Å²) in [6.07, 6.45) is 0. The van der Waals surface area contributed by atoms with E-state index in [0.717, 1.165) is 82.7 Å². The molecule has 8 aromatic carbocycles. The number of furan rings is 1. The van der Waals surface area contributed by atoms with Crippen LogP contribution in [-0.4, -0.2) is 9.13 Å². The quantitative estimate of drug-likeness (QED) is 0.182. The summed E-state index contributed by atoms with van der Waals surface area (Å²) in [5, 5.41) is 30.1. The summed E-state index contributed by atoms with van der Waals surface area (Å²) < 4.78 is 13.4. The van der Waals surface area contributed by atoms with E-state index in [-0.39, 0.29) is 0 Å². The smallest absolute Gasteiger partial charge is 0.137 e. The fraction of sp³-hybridized carbons (Fsp3) is 0. The number of nitriles is 2. The molecule has 0 amide bonds. The van der Waals surface area contributed by atoms with Gasteiger partial charge >= 0.3 is 0 Å². The Balaban J connectivity index is 1.13. The van der Waals surface area contributed by atoms with Gasteiger partial charge in [-0.25, -0.2) is 0 Å². The minimum absolute atomic E-state index is 0.528. The summed E-state index contributed by atoms with van der Waals surface area (Å²) in [7, 11) is 0. The largest absolute Gasteiger partial charge is 0.456 e. The molecule has 4 heterocycles. The fourth-order valence-corrected chi connectivity index (χ4v) is 10.1. The third-order valence-corrected chi connectivity index (χ3v) is 12.4. The van der Waals surface area contributed by atoms with Gasteiger partial charge in [0.15, 0.2) is 0 Å². The number of fused-ring (bicyclic) bond motifs is 13. The highest BCUT2D eigenvalue weighted by atomic mass is 32.1. The molecule has 6 heteroatoms. The zero-order chi connectivity index (χ0) is 37.1. The second-order valence-corrected chi connectivity index (χ2v) is 15.4. The Morgan fingerprint density at radius 1 is 0.429 bits per heavy atom. The third kappa shape index (κ3) is 4.28. The molecule has 0 aliphatic rings. The van der Waals surface area contributed by atoms with Crippen LogP contribution in [0.2, 0.25) is 0 Å². The summed E-state index contributed by atoms with van der Waals surface area (Å²) in [4.78, 5) is 0. The van der Waals surface area contributed by atoms with Crippen molar-refractivity contribution in [2.75, 3.05) is 0 Å². The van der Waals surface area contributed by atoms with Gasteiger partial charge in [0.1, 0.15) is 11.2 Å². The SMILES string of the molecule is N#Cc1cc(-c2cc(C#N)cc(-n3c4ccccc4c4ccc5oc6ccccc6c5c43)c2)cc(-n2c3ccccc3c3cc4sc5ccccc5c4cc32)c1. The molecule has 0 saturated heterocycles. The van der Waals surface area contributed by atoms with Crippen molar-refractivity contribution in [3.05, 3.63) is 169 Å². The summed E-state index contributed by atoms with van der Waals surface area (Å²) in [5.41, 5.74) is 10.4. The molecule has 0 saturated carbocycles. The first-order valence-electron chi connectivity index (χ1n) is 18.4. The number of rotatable bonds is 3. The van der Waals surface area contributed by atoms with E-state index < -0.39 is 0 Å². The van der Waals surface area contributed by atoms with Gasteiger partial charge in [-0.15, -0.1) is 11.3 Å². The second kappa shape index (κ2) is 11.4. The van der Waals surface area contributed by atoms with Crippen LogP contribution >= 0.6 is 11.3 Å². The Morgan fingerprint density at radius 3 is 1.77 bits per heavy atom. The number of thiophene rings is 1. The Hall–Kier alpha value is -7.64. The molecule has 5 nitrogen and oxygen atoms in total. The standard InChI is InChI=1S/C50H26N4OS/c51-27-29-19-31(23-33(21-29)53-42-13-5-2-10-36(42)40-26-48-41(25-44(40)53)37-11-4-8-16-47(37)56-48)32-20-30(28-52)22-34(24-32)54-43-14-6-1-9-35(43)38-17-18-46-49(50(38)54)39-12-3-7-15-45(39)55-46/h1-26H. The van der Waals surface area contributed by atoms with Crippen LogP contribution in [0.3, 0.4) is 0 Å². The highest BCUT2D eigenvalue weighted by Crippen LogP contribution is 2.43. The van der Waals surface area contributed by atoms with Crippen LogP contribution in [0.1, 0.15) is 11.1 Å². The molecule has 12 aromatic rings. The fourth-order valence-electron chi connectivity index (χ4n) is 8.94. The van der Waals surface area contributed by atoms with Crippen LogP contribution in [0, 0.1) is 22.7 Å². The van der Waals surface area contributed by atoms with Crippen LogP contribution in [0.25, 0.3) is 108 Å². The monoisotopic (exact) mass is 730 g/mol. The molecule has 0 spiro atoms. The molecule has 56 heavy (non-hydrogen) atoms. The van der Waals surface area contributed by atoms with Gasteiger partial charge in [-0.2, -0.15) is 10.5 Å². The molecule has 12 rings (SSSR count). The summed E-state index contributed by atoms with van der Waals surface area (Å²) in [6.45, 7) is 0. The molecule has 0 bridgehead atoms. The van der Waals surface area contributed by atoms with Crippen LogP contribution in [0.5, 0.6) is 0 Å². The summed E-state index contributed by atoms with van der Waals surface area (Å²) in [5.74, 6) is 0. The predicted molar refractivity (Wildman–Crippen MR) is 230 cm³/mol. The number of para-hydroxylation sites is 3. The van der Waals surface area contributed by atoms with E-state index in [9.17, 15) is 10.5 Å². The molecule has 0 unspecified atom stereocenters. The maximum atomic E-state index is 10.5. The average molecular weight is 731 g/mol. The van der Waals surface area contributed by atoms with Crippen molar-refractivity contribution < 1.29 is 4.42 Å². The first-order valence-corrected chi connectivity index (χ1v) is 19.3. The van der Waals surface area contributed by atoms with Crippen LogP contribution in [0.4, 0.5) is 0 Å². The Bertz CT molecular complexity index is 3750.